The number of benzene rings is 3. The van der Waals surface area contributed by atoms with Crippen molar-refractivity contribution in [3.05, 3.63) is 97.6 Å². The number of carbonyl (C=O) groups excluding carboxylic acids is 3. The zero-order chi connectivity index (χ0) is 27.9. The van der Waals surface area contributed by atoms with Gasteiger partial charge < -0.3 is 10.1 Å². The summed E-state index contributed by atoms with van der Waals surface area (Å²) in [4.78, 5) is 38.7. The lowest BCUT2D eigenvalue weighted by Crippen LogP contribution is -2.32. The van der Waals surface area contributed by atoms with Gasteiger partial charge in [-0.2, -0.15) is 13.2 Å². The molecule has 0 saturated carbocycles. The van der Waals surface area contributed by atoms with Crippen LogP contribution in [0.4, 0.5) is 24.5 Å². The van der Waals surface area contributed by atoms with E-state index in [-0.39, 0.29) is 22.0 Å². The Labute approximate surface area is 229 Å². The number of aryl methyl sites for hydroxylation is 2. The van der Waals surface area contributed by atoms with Gasteiger partial charge in [0.05, 0.1) is 21.8 Å². The van der Waals surface area contributed by atoms with E-state index in [9.17, 15) is 27.6 Å². The third-order valence-corrected chi connectivity index (χ3v) is 6.82. The fourth-order valence-electron chi connectivity index (χ4n) is 3.66. The number of hydrogen-bond donors (Lipinski definition) is 1. The Hall–Kier alpha value is -3.53. The van der Waals surface area contributed by atoms with Gasteiger partial charge in [0.1, 0.15) is 16.5 Å². The van der Waals surface area contributed by atoms with E-state index in [2.05, 4.69) is 5.32 Å². The van der Waals surface area contributed by atoms with Gasteiger partial charge in [-0.3, -0.25) is 9.59 Å². The van der Waals surface area contributed by atoms with E-state index in [0.29, 0.717) is 21.7 Å². The van der Waals surface area contributed by atoms with Crippen LogP contribution in [-0.4, -0.2) is 17.8 Å². The van der Waals surface area contributed by atoms with Crippen molar-refractivity contribution in [2.24, 2.45) is 0 Å². The van der Waals surface area contributed by atoms with Gasteiger partial charge in [-0.1, -0.05) is 34.8 Å². The van der Waals surface area contributed by atoms with Gasteiger partial charge in [0, 0.05) is 10.7 Å². The standard InChI is InChI=1S/C26H16Cl3F3N2O4/c1-12-9-17(10-13(2)20(12)28)38-25(37)14-3-6-16(7-4-14)33-22-21(29)23(35)34(24(22)36)19-11-15(26(30,31)32)5-8-18(19)27/h3-11,33H,1-2H3. The summed E-state index contributed by atoms with van der Waals surface area (Å²) in [6.45, 7) is 3.56. The van der Waals surface area contributed by atoms with Crippen LogP contribution < -0.4 is 15.0 Å². The van der Waals surface area contributed by atoms with E-state index in [0.717, 1.165) is 23.3 Å². The molecule has 0 atom stereocenters. The minimum atomic E-state index is -4.72. The van der Waals surface area contributed by atoms with E-state index in [4.69, 9.17) is 39.5 Å². The number of alkyl halides is 3. The highest BCUT2D eigenvalue weighted by Gasteiger charge is 2.41. The molecule has 1 aliphatic rings. The number of anilines is 2. The van der Waals surface area contributed by atoms with Gasteiger partial charge in [-0.05, 0) is 79.6 Å². The number of imide groups is 1. The van der Waals surface area contributed by atoms with Gasteiger partial charge in [0.25, 0.3) is 11.8 Å². The van der Waals surface area contributed by atoms with Gasteiger partial charge in [0.15, 0.2) is 0 Å². The molecule has 4 rings (SSSR count). The molecule has 0 spiro atoms. The van der Waals surface area contributed by atoms with Crippen molar-refractivity contribution in [2.75, 3.05) is 10.2 Å². The molecule has 1 N–H and O–H groups in total. The van der Waals surface area contributed by atoms with E-state index in [1.807, 2.05) is 0 Å². The first-order valence-electron chi connectivity index (χ1n) is 10.8. The van der Waals surface area contributed by atoms with Crippen molar-refractivity contribution in [1.82, 2.24) is 0 Å². The number of halogens is 6. The molecular formula is C26H16Cl3F3N2O4. The zero-order valence-electron chi connectivity index (χ0n) is 19.5. The Morgan fingerprint density at radius 2 is 1.50 bits per heavy atom. The molecular weight excluding hydrogens is 568 g/mol. The molecule has 196 valence electrons. The number of nitrogens with zero attached hydrogens (tertiary/aromatic N) is 1. The summed E-state index contributed by atoms with van der Waals surface area (Å²) in [5, 5.41) is 2.45. The first-order chi connectivity index (χ1) is 17.8. The van der Waals surface area contributed by atoms with Gasteiger partial charge in [-0.25, -0.2) is 9.69 Å². The van der Waals surface area contributed by atoms with E-state index in [1.54, 1.807) is 26.0 Å². The third kappa shape index (κ3) is 5.36. The molecule has 1 heterocycles. The number of rotatable bonds is 5. The monoisotopic (exact) mass is 582 g/mol. The molecule has 0 aliphatic carbocycles. The topological polar surface area (TPSA) is 75.7 Å². The zero-order valence-corrected chi connectivity index (χ0v) is 21.8. The minimum absolute atomic E-state index is 0.187. The van der Waals surface area contributed by atoms with Crippen molar-refractivity contribution in [3.63, 3.8) is 0 Å². The van der Waals surface area contributed by atoms with Crippen LogP contribution >= 0.6 is 34.8 Å². The van der Waals surface area contributed by atoms with Crippen LogP contribution in [0.1, 0.15) is 27.0 Å². The Morgan fingerprint density at radius 1 is 0.895 bits per heavy atom. The normalized spacial score (nSPS) is 13.8. The van der Waals surface area contributed by atoms with Crippen molar-refractivity contribution in [2.45, 2.75) is 20.0 Å². The van der Waals surface area contributed by atoms with Crippen molar-refractivity contribution >= 4 is 64.0 Å². The van der Waals surface area contributed by atoms with Gasteiger partial charge in [0.2, 0.25) is 0 Å². The molecule has 12 heteroatoms. The number of esters is 1. The highest BCUT2D eigenvalue weighted by atomic mass is 35.5. The molecule has 2 amide bonds. The number of hydrogen-bond acceptors (Lipinski definition) is 5. The van der Waals surface area contributed by atoms with Crippen LogP contribution in [0.5, 0.6) is 5.75 Å². The molecule has 3 aromatic rings. The summed E-state index contributed by atoms with van der Waals surface area (Å²) >= 11 is 18.2. The largest absolute Gasteiger partial charge is 0.423 e. The molecule has 0 unspecified atom stereocenters. The molecule has 0 bridgehead atoms. The molecule has 0 radical (unpaired) electrons. The molecule has 0 aromatic heterocycles. The smallest absolute Gasteiger partial charge is 0.416 e. The summed E-state index contributed by atoms with van der Waals surface area (Å²) in [5.74, 6) is -2.38. The van der Waals surface area contributed by atoms with Crippen LogP contribution in [-0.2, 0) is 15.8 Å². The first kappa shape index (κ1) is 27.5. The highest BCUT2D eigenvalue weighted by Crippen LogP contribution is 2.39. The van der Waals surface area contributed by atoms with E-state index < -0.39 is 40.2 Å². The average Bonchev–Trinajstić information content (AvgIpc) is 3.05. The number of nitrogens with one attached hydrogen (secondary N) is 1. The van der Waals surface area contributed by atoms with E-state index in [1.165, 1.54) is 24.3 Å². The molecule has 3 aromatic carbocycles. The maximum Gasteiger partial charge on any atom is 0.416 e. The van der Waals surface area contributed by atoms with Crippen molar-refractivity contribution in [1.29, 1.82) is 0 Å². The Kier molecular flexibility index (Phi) is 7.47. The minimum Gasteiger partial charge on any atom is -0.423 e. The Balaban J connectivity index is 1.52. The van der Waals surface area contributed by atoms with Crippen LogP contribution in [0.25, 0.3) is 0 Å². The van der Waals surface area contributed by atoms with Crippen molar-refractivity contribution < 1.29 is 32.3 Å². The fourth-order valence-corrected chi connectivity index (χ4v) is 4.18. The molecule has 0 saturated heterocycles. The first-order valence-corrected chi connectivity index (χ1v) is 11.9. The van der Waals surface area contributed by atoms with Crippen molar-refractivity contribution in [3.8, 4) is 5.75 Å². The van der Waals surface area contributed by atoms with Crippen LogP contribution in [0, 0.1) is 13.8 Å². The number of ether oxygens (including phenoxy) is 1. The SMILES string of the molecule is Cc1cc(OC(=O)c2ccc(NC3=C(Cl)C(=O)N(c4cc(C(F)(F)F)ccc4Cl)C3=O)cc2)cc(C)c1Cl. The fraction of sp³-hybridized carbons (Fsp3) is 0.115. The lowest BCUT2D eigenvalue weighted by Gasteiger charge is -2.18. The lowest BCUT2D eigenvalue weighted by molar-refractivity contribution is -0.137. The third-order valence-electron chi connectivity index (χ3n) is 5.55. The summed E-state index contributed by atoms with van der Waals surface area (Å²) < 4.78 is 44.9. The average molecular weight is 584 g/mol. The number of amides is 2. The van der Waals surface area contributed by atoms with E-state index >= 15 is 0 Å². The Bertz CT molecular complexity index is 1500. The second kappa shape index (κ2) is 10.3. The Morgan fingerprint density at radius 3 is 2.08 bits per heavy atom. The summed E-state index contributed by atoms with van der Waals surface area (Å²) in [5.41, 5.74) is 0.0233. The highest BCUT2D eigenvalue weighted by molar-refractivity contribution is 6.53. The van der Waals surface area contributed by atoms with Crippen LogP contribution in [0.2, 0.25) is 10.0 Å². The summed E-state index contributed by atoms with van der Waals surface area (Å²) in [7, 11) is 0. The second-order valence-electron chi connectivity index (χ2n) is 8.26. The van der Waals surface area contributed by atoms with Gasteiger partial charge in [-0.15, -0.1) is 0 Å². The lowest BCUT2D eigenvalue weighted by atomic mass is 10.1. The molecule has 0 fully saturated rings. The molecule has 38 heavy (non-hydrogen) atoms. The summed E-state index contributed by atoms with van der Waals surface area (Å²) in [6, 6.07) is 11.2. The predicted molar refractivity (Wildman–Crippen MR) is 138 cm³/mol. The van der Waals surface area contributed by atoms with Crippen LogP contribution in [0.15, 0.2) is 65.3 Å². The maximum absolute atomic E-state index is 13.2. The molecule has 1 aliphatic heterocycles. The second-order valence-corrected chi connectivity index (χ2v) is 9.42. The van der Waals surface area contributed by atoms with Gasteiger partial charge >= 0.3 is 12.1 Å². The quantitative estimate of drug-likeness (QED) is 0.194. The predicted octanol–water partition coefficient (Wildman–Crippen LogP) is 7.28. The summed E-state index contributed by atoms with van der Waals surface area (Å²) in [6.07, 6.45) is -4.72. The molecule has 6 nitrogen and oxygen atoms in total. The number of carbonyl (C=O) groups is 3. The van der Waals surface area contributed by atoms with Crippen LogP contribution in [0.3, 0.4) is 0 Å². The maximum atomic E-state index is 13.2.